The molecule has 0 amide bonds. The average molecular weight is 218 g/mol. The molecule has 0 bridgehead atoms. The fourth-order valence-corrected chi connectivity index (χ4v) is 1.78. The molecule has 0 spiro atoms. The molecule has 0 aliphatic rings. The van der Waals surface area contributed by atoms with Crippen molar-refractivity contribution in [3.63, 3.8) is 0 Å². The molecule has 4 nitrogen and oxygen atoms in total. The second kappa shape index (κ2) is 8.05. The maximum atomic E-state index is 5.78. The van der Waals surface area contributed by atoms with Gasteiger partial charge >= 0.3 is 0 Å². The number of ether oxygens (including phenoxy) is 2. The van der Waals surface area contributed by atoms with Gasteiger partial charge in [-0.15, -0.1) is 0 Å². The van der Waals surface area contributed by atoms with Crippen LogP contribution in [0.3, 0.4) is 0 Å². The molecule has 0 saturated heterocycles. The lowest BCUT2D eigenvalue weighted by Crippen LogP contribution is -2.53. The summed E-state index contributed by atoms with van der Waals surface area (Å²) >= 11 is 0. The maximum Gasteiger partial charge on any atom is 0.0817 e. The van der Waals surface area contributed by atoms with E-state index in [-0.39, 0.29) is 11.6 Å². The maximum absolute atomic E-state index is 5.78. The zero-order chi connectivity index (χ0) is 11.7. The van der Waals surface area contributed by atoms with Gasteiger partial charge in [0.2, 0.25) is 0 Å². The van der Waals surface area contributed by atoms with E-state index >= 15 is 0 Å². The molecule has 0 saturated carbocycles. The highest BCUT2D eigenvalue weighted by molar-refractivity contribution is 4.87. The van der Waals surface area contributed by atoms with Crippen molar-refractivity contribution in [1.82, 2.24) is 5.43 Å². The normalized spacial score (nSPS) is 17.4. The van der Waals surface area contributed by atoms with E-state index in [2.05, 4.69) is 19.3 Å². The van der Waals surface area contributed by atoms with Crippen molar-refractivity contribution in [1.29, 1.82) is 0 Å². The van der Waals surface area contributed by atoms with E-state index in [1.165, 1.54) is 0 Å². The van der Waals surface area contributed by atoms with Crippen molar-refractivity contribution >= 4 is 0 Å². The highest BCUT2D eigenvalue weighted by Gasteiger charge is 2.31. The zero-order valence-corrected chi connectivity index (χ0v) is 10.5. The lowest BCUT2D eigenvalue weighted by atomic mass is 9.90. The second-order valence-corrected chi connectivity index (χ2v) is 3.95. The van der Waals surface area contributed by atoms with E-state index in [4.69, 9.17) is 15.3 Å². The van der Waals surface area contributed by atoms with Crippen LogP contribution < -0.4 is 11.3 Å². The highest BCUT2D eigenvalue weighted by Crippen LogP contribution is 2.22. The standard InChI is InChI=1S/C11H26N2O2/c1-5-11(3,15-6-2)10(13-12)8-7-9-14-4/h10,13H,5-9,12H2,1-4H3. The van der Waals surface area contributed by atoms with Crippen LogP contribution in [0.25, 0.3) is 0 Å². The van der Waals surface area contributed by atoms with Crippen molar-refractivity contribution < 1.29 is 9.47 Å². The quantitative estimate of drug-likeness (QED) is 0.349. The minimum absolute atomic E-state index is 0.178. The lowest BCUT2D eigenvalue weighted by Gasteiger charge is -2.36. The third-order valence-electron chi connectivity index (χ3n) is 2.96. The summed E-state index contributed by atoms with van der Waals surface area (Å²) in [5.74, 6) is 5.58. The molecule has 0 aromatic heterocycles. The lowest BCUT2D eigenvalue weighted by molar-refractivity contribution is -0.0582. The highest BCUT2D eigenvalue weighted by atomic mass is 16.5. The Labute approximate surface area is 93.5 Å². The zero-order valence-electron chi connectivity index (χ0n) is 10.5. The van der Waals surface area contributed by atoms with Crippen LogP contribution in [0.15, 0.2) is 0 Å². The summed E-state index contributed by atoms with van der Waals surface area (Å²) in [4.78, 5) is 0. The van der Waals surface area contributed by atoms with E-state index < -0.39 is 0 Å². The van der Waals surface area contributed by atoms with Crippen LogP contribution in [0.1, 0.15) is 40.0 Å². The molecule has 0 heterocycles. The number of nitrogens with one attached hydrogen (secondary N) is 1. The molecule has 2 unspecified atom stereocenters. The first-order valence-electron chi connectivity index (χ1n) is 5.73. The first kappa shape index (κ1) is 14.8. The van der Waals surface area contributed by atoms with Gasteiger partial charge in [-0.3, -0.25) is 11.3 Å². The van der Waals surface area contributed by atoms with Gasteiger partial charge < -0.3 is 9.47 Å². The van der Waals surface area contributed by atoms with Gasteiger partial charge in [-0.25, -0.2) is 0 Å². The summed E-state index contributed by atoms with van der Waals surface area (Å²) in [5.41, 5.74) is 2.67. The molecule has 0 aliphatic heterocycles. The Hall–Kier alpha value is -0.160. The molecule has 0 aromatic rings. The Kier molecular flexibility index (Phi) is 7.96. The summed E-state index contributed by atoms with van der Waals surface area (Å²) in [6.45, 7) is 7.72. The molecule has 0 rings (SSSR count). The molecule has 0 fully saturated rings. The predicted octanol–water partition coefficient (Wildman–Crippen LogP) is 1.45. The topological polar surface area (TPSA) is 56.5 Å². The van der Waals surface area contributed by atoms with Crippen molar-refractivity contribution in [2.75, 3.05) is 20.3 Å². The van der Waals surface area contributed by atoms with E-state index in [0.717, 1.165) is 25.9 Å². The van der Waals surface area contributed by atoms with Crippen LogP contribution in [0, 0.1) is 0 Å². The Balaban J connectivity index is 4.19. The van der Waals surface area contributed by atoms with Gasteiger partial charge in [-0.2, -0.15) is 0 Å². The fraction of sp³-hybridized carbons (Fsp3) is 1.00. The van der Waals surface area contributed by atoms with E-state index in [9.17, 15) is 0 Å². The number of rotatable bonds is 9. The number of hydrogen-bond acceptors (Lipinski definition) is 4. The van der Waals surface area contributed by atoms with E-state index in [1.54, 1.807) is 7.11 Å². The first-order chi connectivity index (χ1) is 7.14. The minimum atomic E-state index is -0.183. The third-order valence-corrected chi connectivity index (χ3v) is 2.96. The fourth-order valence-electron chi connectivity index (χ4n) is 1.78. The van der Waals surface area contributed by atoms with Crippen LogP contribution in [0.4, 0.5) is 0 Å². The molecule has 4 heteroatoms. The average Bonchev–Trinajstić information content (AvgIpc) is 2.24. The van der Waals surface area contributed by atoms with Crippen LogP contribution in [-0.2, 0) is 9.47 Å². The molecule has 0 aromatic carbocycles. The molecule has 3 N–H and O–H groups in total. The predicted molar refractivity (Wildman–Crippen MR) is 62.5 cm³/mol. The summed E-state index contributed by atoms with van der Waals surface area (Å²) in [6.07, 6.45) is 2.91. The minimum Gasteiger partial charge on any atom is -0.385 e. The van der Waals surface area contributed by atoms with Gasteiger partial charge in [-0.1, -0.05) is 6.92 Å². The smallest absolute Gasteiger partial charge is 0.0817 e. The summed E-state index contributed by atoms with van der Waals surface area (Å²) < 4.78 is 10.8. The van der Waals surface area contributed by atoms with Crippen LogP contribution >= 0.6 is 0 Å². The molecule has 15 heavy (non-hydrogen) atoms. The van der Waals surface area contributed by atoms with Crippen LogP contribution in [0.5, 0.6) is 0 Å². The summed E-state index contributed by atoms with van der Waals surface area (Å²) in [5, 5.41) is 0. The van der Waals surface area contributed by atoms with Crippen molar-refractivity contribution in [2.45, 2.75) is 51.7 Å². The Morgan fingerprint density at radius 3 is 2.47 bits per heavy atom. The number of hydrogen-bond donors (Lipinski definition) is 2. The molecule has 2 atom stereocenters. The first-order valence-corrected chi connectivity index (χ1v) is 5.73. The van der Waals surface area contributed by atoms with Gasteiger partial charge in [0.05, 0.1) is 5.60 Å². The third kappa shape index (κ3) is 4.93. The summed E-state index contributed by atoms with van der Waals surface area (Å²) in [6, 6.07) is 0.178. The Morgan fingerprint density at radius 1 is 1.40 bits per heavy atom. The number of hydrazine groups is 1. The number of nitrogens with two attached hydrogens (primary N) is 1. The van der Waals surface area contributed by atoms with Crippen molar-refractivity contribution in [2.24, 2.45) is 5.84 Å². The number of methoxy groups -OCH3 is 1. The largest absolute Gasteiger partial charge is 0.385 e. The van der Waals surface area contributed by atoms with E-state index in [1.807, 2.05) is 6.92 Å². The second-order valence-electron chi connectivity index (χ2n) is 3.95. The van der Waals surface area contributed by atoms with Gasteiger partial charge in [0.25, 0.3) is 0 Å². The molecule has 92 valence electrons. The molecule has 0 radical (unpaired) electrons. The molecular weight excluding hydrogens is 192 g/mol. The van der Waals surface area contributed by atoms with Crippen LogP contribution in [-0.4, -0.2) is 32.0 Å². The molecule has 0 aliphatic carbocycles. The van der Waals surface area contributed by atoms with Gasteiger partial charge in [0.1, 0.15) is 0 Å². The SMILES string of the molecule is CCOC(C)(CC)C(CCCOC)NN. The molecular formula is C11H26N2O2. The van der Waals surface area contributed by atoms with Crippen molar-refractivity contribution in [3.05, 3.63) is 0 Å². The summed E-state index contributed by atoms with van der Waals surface area (Å²) in [7, 11) is 1.71. The van der Waals surface area contributed by atoms with Gasteiger partial charge in [-0.05, 0) is 33.1 Å². The van der Waals surface area contributed by atoms with Crippen molar-refractivity contribution in [3.8, 4) is 0 Å². The Morgan fingerprint density at radius 2 is 2.07 bits per heavy atom. The Bertz CT molecular complexity index is 156. The van der Waals surface area contributed by atoms with E-state index in [0.29, 0.717) is 6.61 Å². The van der Waals surface area contributed by atoms with Gasteiger partial charge in [0.15, 0.2) is 0 Å². The monoisotopic (exact) mass is 218 g/mol. The van der Waals surface area contributed by atoms with Crippen LogP contribution in [0.2, 0.25) is 0 Å². The van der Waals surface area contributed by atoms with Gasteiger partial charge in [0, 0.05) is 26.4 Å².